The molecule has 2 heteroatoms. The second kappa shape index (κ2) is 7.83. The lowest BCUT2D eigenvalue weighted by Crippen LogP contribution is -2.04. The zero-order valence-electron chi connectivity index (χ0n) is 14.5. The molecule has 2 aromatic rings. The van der Waals surface area contributed by atoms with Gasteiger partial charge in [-0.1, -0.05) is 47.5 Å². The van der Waals surface area contributed by atoms with Crippen molar-refractivity contribution in [3.63, 3.8) is 0 Å². The van der Waals surface area contributed by atoms with Crippen molar-refractivity contribution in [2.75, 3.05) is 6.61 Å². The van der Waals surface area contributed by atoms with Gasteiger partial charge in [0.05, 0.1) is 18.6 Å². The SMILES string of the molecule is Cc1ccc(C(C#N)CCCOc2c(C)cc(C)cc2C)cc1. The topological polar surface area (TPSA) is 33.0 Å². The van der Waals surface area contributed by atoms with Crippen LogP contribution in [0, 0.1) is 39.0 Å². The van der Waals surface area contributed by atoms with E-state index in [2.05, 4.69) is 70.2 Å². The van der Waals surface area contributed by atoms with Crippen LogP contribution in [-0.4, -0.2) is 6.61 Å². The highest BCUT2D eigenvalue weighted by molar-refractivity contribution is 5.42. The summed E-state index contributed by atoms with van der Waals surface area (Å²) in [6.07, 6.45) is 1.70. The van der Waals surface area contributed by atoms with E-state index in [4.69, 9.17) is 4.74 Å². The molecule has 0 aliphatic heterocycles. The van der Waals surface area contributed by atoms with E-state index in [1.165, 1.54) is 22.3 Å². The van der Waals surface area contributed by atoms with Crippen LogP contribution in [0.1, 0.15) is 46.6 Å². The highest BCUT2D eigenvalue weighted by atomic mass is 16.5. The van der Waals surface area contributed by atoms with Crippen LogP contribution in [-0.2, 0) is 0 Å². The first-order chi connectivity index (χ1) is 11.0. The molecular formula is C21H25NO. The summed E-state index contributed by atoms with van der Waals surface area (Å²) in [5.41, 5.74) is 5.94. The Balaban J connectivity index is 1.89. The van der Waals surface area contributed by atoms with Crippen LogP contribution in [0.2, 0.25) is 0 Å². The standard InChI is InChI=1S/C21H25NO/c1-15-7-9-19(10-8-15)20(14-22)6-5-11-23-21-17(3)12-16(2)13-18(21)4/h7-10,12-13,20H,5-6,11H2,1-4H3. The van der Waals surface area contributed by atoms with E-state index in [0.717, 1.165) is 24.2 Å². The number of aryl methyl sites for hydroxylation is 4. The van der Waals surface area contributed by atoms with Gasteiger partial charge in [-0.3, -0.25) is 0 Å². The van der Waals surface area contributed by atoms with E-state index in [9.17, 15) is 5.26 Å². The molecule has 0 bridgehead atoms. The molecule has 1 unspecified atom stereocenters. The maximum Gasteiger partial charge on any atom is 0.125 e. The van der Waals surface area contributed by atoms with Crippen molar-refractivity contribution in [2.24, 2.45) is 0 Å². The van der Waals surface area contributed by atoms with Crippen molar-refractivity contribution in [3.8, 4) is 11.8 Å². The fourth-order valence-corrected chi connectivity index (χ4v) is 2.96. The number of benzene rings is 2. The van der Waals surface area contributed by atoms with Crippen LogP contribution in [0.25, 0.3) is 0 Å². The second-order valence-electron chi connectivity index (χ2n) is 6.31. The fourth-order valence-electron chi connectivity index (χ4n) is 2.96. The Morgan fingerprint density at radius 3 is 2.13 bits per heavy atom. The van der Waals surface area contributed by atoms with Crippen molar-refractivity contribution in [3.05, 3.63) is 64.2 Å². The van der Waals surface area contributed by atoms with Crippen molar-refractivity contribution in [1.29, 1.82) is 5.26 Å². The molecule has 0 saturated heterocycles. The maximum absolute atomic E-state index is 9.39. The lowest BCUT2D eigenvalue weighted by molar-refractivity contribution is 0.301. The Bertz CT molecular complexity index is 672. The lowest BCUT2D eigenvalue weighted by atomic mass is 9.95. The Morgan fingerprint density at radius 1 is 0.957 bits per heavy atom. The van der Waals surface area contributed by atoms with E-state index < -0.39 is 0 Å². The van der Waals surface area contributed by atoms with Gasteiger partial charge in [-0.05, 0) is 57.2 Å². The zero-order chi connectivity index (χ0) is 16.8. The van der Waals surface area contributed by atoms with E-state index in [0.29, 0.717) is 6.61 Å². The van der Waals surface area contributed by atoms with Gasteiger partial charge in [-0.2, -0.15) is 5.26 Å². The Morgan fingerprint density at radius 2 is 1.57 bits per heavy atom. The monoisotopic (exact) mass is 307 g/mol. The van der Waals surface area contributed by atoms with Crippen molar-refractivity contribution in [2.45, 2.75) is 46.5 Å². The molecule has 0 N–H and O–H groups in total. The van der Waals surface area contributed by atoms with E-state index in [-0.39, 0.29) is 5.92 Å². The van der Waals surface area contributed by atoms with Crippen LogP contribution in [0.15, 0.2) is 36.4 Å². The molecule has 1 atom stereocenters. The number of rotatable bonds is 6. The van der Waals surface area contributed by atoms with Gasteiger partial charge in [0.15, 0.2) is 0 Å². The molecule has 0 spiro atoms. The van der Waals surface area contributed by atoms with E-state index in [1.54, 1.807) is 0 Å². The number of ether oxygens (including phenoxy) is 1. The summed E-state index contributed by atoms with van der Waals surface area (Å²) in [5, 5.41) is 9.39. The molecule has 0 amide bonds. The van der Waals surface area contributed by atoms with Crippen molar-refractivity contribution < 1.29 is 4.74 Å². The summed E-state index contributed by atoms with van der Waals surface area (Å²) in [6.45, 7) is 8.97. The van der Waals surface area contributed by atoms with Crippen LogP contribution >= 0.6 is 0 Å². The van der Waals surface area contributed by atoms with Gasteiger partial charge in [0.2, 0.25) is 0 Å². The summed E-state index contributed by atoms with van der Waals surface area (Å²) in [7, 11) is 0. The lowest BCUT2D eigenvalue weighted by Gasteiger charge is -2.14. The van der Waals surface area contributed by atoms with Gasteiger partial charge in [0.1, 0.15) is 5.75 Å². The van der Waals surface area contributed by atoms with Crippen LogP contribution < -0.4 is 4.74 Å². The summed E-state index contributed by atoms with van der Waals surface area (Å²) >= 11 is 0. The summed E-state index contributed by atoms with van der Waals surface area (Å²) in [5.74, 6) is 0.929. The first-order valence-electron chi connectivity index (χ1n) is 8.18. The predicted molar refractivity (Wildman–Crippen MR) is 94.9 cm³/mol. The highest BCUT2D eigenvalue weighted by Gasteiger charge is 2.11. The largest absolute Gasteiger partial charge is 0.493 e. The van der Waals surface area contributed by atoms with E-state index in [1.807, 2.05) is 0 Å². The second-order valence-corrected chi connectivity index (χ2v) is 6.31. The summed E-state index contributed by atoms with van der Waals surface area (Å²) in [6, 6.07) is 14.9. The fraction of sp³-hybridized carbons (Fsp3) is 0.381. The minimum Gasteiger partial charge on any atom is -0.493 e. The van der Waals surface area contributed by atoms with E-state index >= 15 is 0 Å². The smallest absolute Gasteiger partial charge is 0.125 e. The minimum atomic E-state index is -0.0561. The number of hydrogen-bond acceptors (Lipinski definition) is 2. The molecule has 23 heavy (non-hydrogen) atoms. The average molecular weight is 307 g/mol. The van der Waals surface area contributed by atoms with Gasteiger partial charge in [-0.25, -0.2) is 0 Å². The molecule has 0 heterocycles. The predicted octanol–water partition coefficient (Wildman–Crippen LogP) is 5.39. The van der Waals surface area contributed by atoms with Crippen LogP contribution in [0.4, 0.5) is 0 Å². The van der Waals surface area contributed by atoms with Gasteiger partial charge in [-0.15, -0.1) is 0 Å². The molecular weight excluding hydrogens is 282 g/mol. The number of hydrogen-bond donors (Lipinski definition) is 0. The third-order valence-corrected chi connectivity index (χ3v) is 4.12. The minimum absolute atomic E-state index is 0.0561. The highest BCUT2D eigenvalue weighted by Crippen LogP contribution is 2.26. The maximum atomic E-state index is 9.39. The molecule has 0 radical (unpaired) electrons. The van der Waals surface area contributed by atoms with Gasteiger partial charge in [0.25, 0.3) is 0 Å². The molecule has 2 nitrogen and oxygen atoms in total. The van der Waals surface area contributed by atoms with Gasteiger partial charge in [0, 0.05) is 0 Å². The molecule has 0 aliphatic rings. The zero-order valence-corrected chi connectivity index (χ0v) is 14.5. The Hall–Kier alpha value is -2.27. The molecule has 2 aromatic carbocycles. The molecule has 120 valence electrons. The molecule has 0 saturated carbocycles. The first kappa shape index (κ1) is 17.1. The Labute approximate surface area is 139 Å². The molecule has 0 aliphatic carbocycles. The van der Waals surface area contributed by atoms with Gasteiger partial charge >= 0.3 is 0 Å². The average Bonchev–Trinajstić information content (AvgIpc) is 2.50. The first-order valence-corrected chi connectivity index (χ1v) is 8.18. The summed E-state index contributed by atoms with van der Waals surface area (Å²) in [4.78, 5) is 0. The molecule has 0 aromatic heterocycles. The number of nitriles is 1. The van der Waals surface area contributed by atoms with Crippen LogP contribution in [0.3, 0.4) is 0 Å². The third kappa shape index (κ3) is 4.60. The summed E-state index contributed by atoms with van der Waals surface area (Å²) < 4.78 is 5.96. The molecule has 2 rings (SSSR count). The normalized spacial score (nSPS) is 11.8. The van der Waals surface area contributed by atoms with Gasteiger partial charge < -0.3 is 4.74 Å². The van der Waals surface area contributed by atoms with Crippen molar-refractivity contribution >= 4 is 0 Å². The van der Waals surface area contributed by atoms with Crippen molar-refractivity contribution in [1.82, 2.24) is 0 Å². The quantitative estimate of drug-likeness (QED) is 0.671. The Kier molecular flexibility index (Phi) is 5.82. The number of nitrogens with zero attached hydrogens (tertiary/aromatic N) is 1. The third-order valence-electron chi connectivity index (χ3n) is 4.12. The molecule has 0 fully saturated rings. The van der Waals surface area contributed by atoms with Crippen LogP contribution in [0.5, 0.6) is 5.75 Å².